The molecule has 3 unspecified atom stereocenters. The van der Waals surface area contributed by atoms with Crippen LogP contribution < -0.4 is 5.32 Å². The van der Waals surface area contributed by atoms with E-state index >= 15 is 0 Å². The van der Waals surface area contributed by atoms with Gasteiger partial charge in [-0.15, -0.1) is 0 Å². The molecule has 0 aromatic rings. The summed E-state index contributed by atoms with van der Waals surface area (Å²) in [7, 11) is 1.77. The molecule has 1 N–H and O–H groups in total. The van der Waals surface area contributed by atoms with Gasteiger partial charge in [-0.25, -0.2) is 0 Å². The van der Waals surface area contributed by atoms with Crippen molar-refractivity contribution in [1.82, 2.24) is 5.32 Å². The Morgan fingerprint density at radius 1 is 1.19 bits per heavy atom. The monoisotopic (exact) mass is 225 g/mol. The van der Waals surface area contributed by atoms with E-state index in [0.717, 1.165) is 36.3 Å². The molecule has 0 saturated heterocycles. The average Bonchev–Trinajstić information content (AvgIpc) is 2.83. The predicted molar refractivity (Wildman–Crippen MR) is 67.5 cm³/mol. The van der Waals surface area contributed by atoms with E-state index in [2.05, 4.69) is 19.2 Å². The van der Waals surface area contributed by atoms with E-state index in [9.17, 15) is 0 Å². The van der Waals surface area contributed by atoms with Gasteiger partial charge in [-0.2, -0.15) is 0 Å². The zero-order valence-corrected chi connectivity index (χ0v) is 11.1. The van der Waals surface area contributed by atoms with E-state index in [1.54, 1.807) is 7.11 Å². The fourth-order valence-corrected chi connectivity index (χ4v) is 4.00. The Morgan fingerprint density at radius 2 is 1.88 bits per heavy atom. The predicted octanol–water partition coefficient (Wildman–Crippen LogP) is 2.68. The summed E-state index contributed by atoms with van der Waals surface area (Å²) >= 11 is 0. The smallest absolute Gasteiger partial charge is 0.0587 e. The van der Waals surface area contributed by atoms with Crippen LogP contribution in [0, 0.1) is 23.2 Å². The van der Waals surface area contributed by atoms with Gasteiger partial charge in [0.15, 0.2) is 0 Å². The van der Waals surface area contributed by atoms with E-state index in [4.69, 9.17) is 4.74 Å². The molecule has 2 heteroatoms. The van der Waals surface area contributed by atoms with E-state index in [-0.39, 0.29) is 0 Å². The third kappa shape index (κ3) is 2.78. The summed E-state index contributed by atoms with van der Waals surface area (Å²) in [6.07, 6.45) is 5.88. The Kier molecular flexibility index (Phi) is 3.91. The summed E-state index contributed by atoms with van der Waals surface area (Å²) in [5.74, 6) is 2.86. The first-order valence-corrected chi connectivity index (χ1v) is 6.86. The molecule has 0 amide bonds. The summed E-state index contributed by atoms with van der Waals surface area (Å²) < 4.78 is 5.05. The highest BCUT2D eigenvalue weighted by atomic mass is 16.5. The van der Waals surface area contributed by atoms with Crippen molar-refractivity contribution < 1.29 is 4.74 Å². The third-order valence-corrected chi connectivity index (χ3v) is 4.55. The minimum absolute atomic E-state index is 0.733. The van der Waals surface area contributed by atoms with Gasteiger partial charge in [0, 0.05) is 13.7 Å². The van der Waals surface area contributed by atoms with Crippen molar-refractivity contribution in [2.75, 3.05) is 26.8 Å². The molecule has 16 heavy (non-hydrogen) atoms. The zero-order valence-electron chi connectivity index (χ0n) is 11.1. The normalized spacial score (nSPS) is 42.6. The summed E-state index contributed by atoms with van der Waals surface area (Å²) in [6, 6.07) is 0. The first-order chi connectivity index (χ1) is 7.66. The lowest BCUT2D eigenvalue weighted by Crippen LogP contribution is -2.27. The van der Waals surface area contributed by atoms with Crippen LogP contribution in [0.4, 0.5) is 0 Å². The van der Waals surface area contributed by atoms with Crippen LogP contribution >= 0.6 is 0 Å². The molecular weight excluding hydrogens is 198 g/mol. The summed E-state index contributed by atoms with van der Waals surface area (Å²) in [4.78, 5) is 0. The second-order valence-corrected chi connectivity index (χ2v) is 6.31. The summed E-state index contributed by atoms with van der Waals surface area (Å²) in [5.41, 5.74) is 0.733. The number of rotatable bonds is 5. The minimum Gasteiger partial charge on any atom is -0.383 e. The van der Waals surface area contributed by atoms with E-state index in [1.807, 2.05) is 0 Å². The molecule has 0 aliphatic heterocycles. The Balaban J connectivity index is 1.71. The van der Waals surface area contributed by atoms with Crippen molar-refractivity contribution in [3.05, 3.63) is 0 Å². The third-order valence-electron chi connectivity index (χ3n) is 4.55. The topological polar surface area (TPSA) is 21.3 Å². The molecule has 0 aromatic heterocycles. The molecule has 2 fully saturated rings. The zero-order chi connectivity index (χ0) is 11.6. The van der Waals surface area contributed by atoms with Crippen LogP contribution in [0.15, 0.2) is 0 Å². The Bertz CT molecular complexity index is 219. The van der Waals surface area contributed by atoms with Gasteiger partial charge in [0.05, 0.1) is 6.61 Å². The van der Waals surface area contributed by atoms with Gasteiger partial charge in [-0.3, -0.25) is 0 Å². The van der Waals surface area contributed by atoms with Gasteiger partial charge in [0.1, 0.15) is 0 Å². The highest BCUT2D eigenvalue weighted by Gasteiger charge is 2.55. The number of nitrogens with one attached hydrogen (secondary N) is 1. The van der Waals surface area contributed by atoms with Crippen LogP contribution in [0.5, 0.6) is 0 Å². The van der Waals surface area contributed by atoms with Crippen molar-refractivity contribution in [3.8, 4) is 0 Å². The Hall–Kier alpha value is -0.0800. The van der Waals surface area contributed by atoms with Crippen LogP contribution in [-0.2, 0) is 4.74 Å². The molecule has 2 rings (SSSR count). The number of methoxy groups -OCH3 is 1. The first kappa shape index (κ1) is 12.4. The maximum absolute atomic E-state index is 5.05. The van der Waals surface area contributed by atoms with Gasteiger partial charge >= 0.3 is 0 Å². The van der Waals surface area contributed by atoms with Crippen molar-refractivity contribution in [1.29, 1.82) is 0 Å². The minimum atomic E-state index is 0.733. The van der Waals surface area contributed by atoms with E-state index < -0.39 is 0 Å². The van der Waals surface area contributed by atoms with Crippen molar-refractivity contribution in [2.24, 2.45) is 23.2 Å². The SMILES string of the molecule is COCCNCC1CC12CC(C)CC(C)C2. The van der Waals surface area contributed by atoms with Gasteiger partial charge in [0.2, 0.25) is 0 Å². The molecule has 3 atom stereocenters. The standard InChI is InChI=1S/C14H27NO/c1-11-6-12(2)8-14(7-11)9-13(14)10-15-4-5-16-3/h11-13,15H,4-10H2,1-3H3. The second kappa shape index (κ2) is 5.05. The lowest BCUT2D eigenvalue weighted by atomic mass is 9.73. The maximum atomic E-state index is 5.05. The van der Waals surface area contributed by atoms with Crippen molar-refractivity contribution in [2.45, 2.75) is 39.5 Å². The Labute approximate surface area is 100 Å². The number of hydrogen-bond acceptors (Lipinski definition) is 2. The lowest BCUT2D eigenvalue weighted by molar-refractivity contribution is 0.179. The second-order valence-electron chi connectivity index (χ2n) is 6.31. The van der Waals surface area contributed by atoms with Crippen molar-refractivity contribution >= 4 is 0 Å². The molecule has 0 radical (unpaired) electrons. The number of ether oxygens (including phenoxy) is 1. The summed E-state index contributed by atoms with van der Waals surface area (Å²) in [6.45, 7) is 7.93. The number of hydrogen-bond donors (Lipinski definition) is 1. The fourth-order valence-electron chi connectivity index (χ4n) is 4.00. The highest BCUT2D eigenvalue weighted by molar-refractivity contribution is 5.06. The molecule has 94 valence electrons. The van der Waals surface area contributed by atoms with Crippen LogP contribution in [0.25, 0.3) is 0 Å². The molecule has 2 aliphatic carbocycles. The molecule has 1 spiro atoms. The highest BCUT2D eigenvalue weighted by Crippen LogP contribution is 2.63. The maximum Gasteiger partial charge on any atom is 0.0587 e. The molecule has 2 aliphatic rings. The fraction of sp³-hybridized carbons (Fsp3) is 1.00. The van der Waals surface area contributed by atoms with E-state index in [1.165, 1.54) is 32.2 Å². The quantitative estimate of drug-likeness (QED) is 0.726. The van der Waals surface area contributed by atoms with Gasteiger partial charge in [-0.1, -0.05) is 13.8 Å². The molecule has 2 nitrogen and oxygen atoms in total. The molecule has 2 saturated carbocycles. The van der Waals surface area contributed by atoms with Gasteiger partial charge in [0.25, 0.3) is 0 Å². The van der Waals surface area contributed by atoms with Crippen LogP contribution in [0.3, 0.4) is 0 Å². The van der Waals surface area contributed by atoms with Crippen LogP contribution in [0.2, 0.25) is 0 Å². The van der Waals surface area contributed by atoms with Crippen LogP contribution in [-0.4, -0.2) is 26.8 Å². The molecule has 0 heterocycles. The van der Waals surface area contributed by atoms with Crippen LogP contribution in [0.1, 0.15) is 39.5 Å². The molecular formula is C14H27NO. The average molecular weight is 225 g/mol. The molecule has 0 bridgehead atoms. The van der Waals surface area contributed by atoms with E-state index in [0.29, 0.717) is 0 Å². The lowest BCUT2D eigenvalue weighted by Gasteiger charge is -2.32. The first-order valence-electron chi connectivity index (χ1n) is 6.86. The largest absolute Gasteiger partial charge is 0.383 e. The van der Waals surface area contributed by atoms with Crippen molar-refractivity contribution in [3.63, 3.8) is 0 Å². The Morgan fingerprint density at radius 3 is 2.50 bits per heavy atom. The molecule has 0 aromatic carbocycles. The van der Waals surface area contributed by atoms with Gasteiger partial charge in [-0.05, 0) is 55.4 Å². The summed E-state index contributed by atoms with van der Waals surface area (Å²) in [5, 5.41) is 3.52. The van der Waals surface area contributed by atoms with Gasteiger partial charge < -0.3 is 10.1 Å².